The smallest absolute Gasteiger partial charge is 0.325 e. The Kier molecular flexibility index (Phi) is 5.27. The van der Waals surface area contributed by atoms with Crippen LogP contribution >= 0.6 is 11.6 Å². The highest BCUT2D eigenvalue weighted by Crippen LogP contribution is 2.30. The molecule has 25 heavy (non-hydrogen) atoms. The molecule has 2 aliphatic rings. The van der Waals surface area contributed by atoms with E-state index in [0.29, 0.717) is 17.1 Å². The fraction of sp³-hybridized carbons (Fsp3) is 0.500. The van der Waals surface area contributed by atoms with E-state index < -0.39 is 12.1 Å². The predicted molar refractivity (Wildman–Crippen MR) is 95.3 cm³/mol. The van der Waals surface area contributed by atoms with Crippen molar-refractivity contribution < 1.29 is 14.4 Å². The van der Waals surface area contributed by atoms with Gasteiger partial charge in [-0.3, -0.25) is 14.5 Å². The zero-order chi connectivity index (χ0) is 18.0. The third-order valence-electron chi connectivity index (χ3n) is 4.94. The van der Waals surface area contributed by atoms with Gasteiger partial charge in [0.1, 0.15) is 6.04 Å². The Morgan fingerprint density at radius 2 is 2.12 bits per heavy atom. The summed E-state index contributed by atoms with van der Waals surface area (Å²) in [5.41, 5.74) is 0.538. The van der Waals surface area contributed by atoms with Gasteiger partial charge < -0.3 is 10.6 Å². The molecule has 0 radical (unpaired) electrons. The Morgan fingerprint density at radius 1 is 1.36 bits per heavy atom. The number of halogens is 1. The van der Waals surface area contributed by atoms with Gasteiger partial charge in [0.05, 0.1) is 5.92 Å². The molecule has 1 saturated carbocycles. The first-order valence-electron chi connectivity index (χ1n) is 8.71. The Hall–Kier alpha value is -2.08. The number of carbonyl (C=O) groups excluding carboxylic acids is 3. The van der Waals surface area contributed by atoms with Crippen molar-refractivity contribution in [3.8, 4) is 0 Å². The van der Waals surface area contributed by atoms with Crippen LogP contribution in [0.2, 0.25) is 5.02 Å². The van der Waals surface area contributed by atoms with Crippen LogP contribution in [0.3, 0.4) is 0 Å². The number of anilines is 1. The summed E-state index contributed by atoms with van der Waals surface area (Å²) in [6.45, 7) is 1.79. The van der Waals surface area contributed by atoms with Crippen molar-refractivity contribution in [2.24, 2.45) is 5.92 Å². The number of fused-ring (bicyclic) bond motifs is 1. The highest BCUT2D eigenvalue weighted by atomic mass is 35.5. The summed E-state index contributed by atoms with van der Waals surface area (Å²) in [7, 11) is 0. The number of imide groups is 1. The molecule has 1 aromatic rings. The number of nitrogens with one attached hydrogen (secondary N) is 2. The van der Waals surface area contributed by atoms with Crippen LogP contribution in [0.15, 0.2) is 24.3 Å². The Labute approximate surface area is 151 Å². The summed E-state index contributed by atoms with van der Waals surface area (Å²) in [6, 6.07) is 5.37. The van der Waals surface area contributed by atoms with E-state index in [1.807, 2.05) is 0 Å². The van der Waals surface area contributed by atoms with Crippen LogP contribution in [0.4, 0.5) is 10.5 Å². The number of hydrogen-bond acceptors (Lipinski definition) is 3. The van der Waals surface area contributed by atoms with Crippen molar-refractivity contribution >= 4 is 35.1 Å². The maximum Gasteiger partial charge on any atom is 0.325 e. The van der Waals surface area contributed by atoms with Gasteiger partial charge in [-0.25, -0.2) is 4.79 Å². The van der Waals surface area contributed by atoms with E-state index >= 15 is 0 Å². The van der Waals surface area contributed by atoms with E-state index in [0.717, 1.165) is 30.6 Å². The second kappa shape index (κ2) is 7.44. The third kappa shape index (κ3) is 3.63. The van der Waals surface area contributed by atoms with E-state index in [2.05, 4.69) is 10.6 Å². The minimum Gasteiger partial charge on any atom is -0.334 e. The van der Waals surface area contributed by atoms with Crippen LogP contribution in [0.1, 0.15) is 39.0 Å². The minimum absolute atomic E-state index is 0.0986. The van der Waals surface area contributed by atoms with E-state index in [4.69, 9.17) is 11.6 Å². The molecule has 1 aromatic carbocycles. The molecular weight excluding hydrogens is 342 g/mol. The van der Waals surface area contributed by atoms with Gasteiger partial charge in [0, 0.05) is 16.8 Å². The summed E-state index contributed by atoms with van der Waals surface area (Å²) >= 11 is 5.93. The molecule has 6 nitrogen and oxygen atoms in total. The number of rotatable bonds is 4. The van der Waals surface area contributed by atoms with Crippen molar-refractivity contribution in [1.29, 1.82) is 0 Å². The SMILES string of the molecule is CCC(C(=O)Nc1cccc(Cl)c1)N1C(=O)NC2CCCCC2C1=O. The molecule has 2 N–H and O–H groups in total. The van der Waals surface area contributed by atoms with Gasteiger partial charge in [-0.2, -0.15) is 0 Å². The quantitative estimate of drug-likeness (QED) is 0.862. The molecular formula is C18H22ClN3O3. The van der Waals surface area contributed by atoms with Gasteiger partial charge in [-0.05, 0) is 37.5 Å². The lowest BCUT2D eigenvalue weighted by atomic mass is 9.82. The van der Waals surface area contributed by atoms with Gasteiger partial charge in [-0.1, -0.05) is 37.4 Å². The monoisotopic (exact) mass is 363 g/mol. The molecule has 134 valence electrons. The molecule has 3 atom stereocenters. The van der Waals surface area contributed by atoms with Gasteiger partial charge in [0.2, 0.25) is 11.8 Å². The van der Waals surface area contributed by atoms with Gasteiger partial charge in [-0.15, -0.1) is 0 Å². The third-order valence-corrected chi connectivity index (χ3v) is 5.18. The average molecular weight is 364 g/mol. The lowest BCUT2D eigenvalue weighted by Gasteiger charge is -2.42. The van der Waals surface area contributed by atoms with E-state index in [9.17, 15) is 14.4 Å². The maximum absolute atomic E-state index is 12.8. The molecule has 1 aliphatic carbocycles. The van der Waals surface area contributed by atoms with E-state index in [1.54, 1.807) is 31.2 Å². The number of urea groups is 1. The molecule has 2 fully saturated rings. The highest BCUT2D eigenvalue weighted by Gasteiger charge is 2.45. The molecule has 4 amide bonds. The molecule has 7 heteroatoms. The molecule has 1 saturated heterocycles. The maximum atomic E-state index is 12.8. The van der Waals surface area contributed by atoms with Crippen molar-refractivity contribution in [3.05, 3.63) is 29.3 Å². The average Bonchev–Trinajstić information content (AvgIpc) is 2.58. The topological polar surface area (TPSA) is 78.5 Å². The lowest BCUT2D eigenvalue weighted by Crippen LogP contribution is -2.64. The van der Waals surface area contributed by atoms with Crippen molar-refractivity contribution in [2.45, 2.75) is 51.1 Å². The Morgan fingerprint density at radius 3 is 2.84 bits per heavy atom. The van der Waals surface area contributed by atoms with Crippen molar-refractivity contribution in [3.63, 3.8) is 0 Å². The summed E-state index contributed by atoms with van der Waals surface area (Å²) in [4.78, 5) is 39.1. The number of hydrogen-bond donors (Lipinski definition) is 2. The van der Waals surface area contributed by atoms with Crippen LogP contribution in [-0.4, -0.2) is 34.8 Å². The second-order valence-electron chi connectivity index (χ2n) is 6.58. The van der Waals surface area contributed by atoms with Crippen LogP contribution in [0.5, 0.6) is 0 Å². The predicted octanol–water partition coefficient (Wildman–Crippen LogP) is 3.17. The summed E-state index contributed by atoms with van der Waals surface area (Å²) < 4.78 is 0. The zero-order valence-electron chi connectivity index (χ0n) is 14.1. The van der Waals surface area contributed by atoms with Crippen LogP contribution in [-0.2, 0) is 9.59 Å². The van der Waals surface area contributed by atoms with E-state index in [1.165, 1.54) is 0 Å². The summed E-state index contributed by atoms with van der Waals surface area (Å²) in [6.07, 6.45) is 3.92. The number of benzene rings is 1. The van der Waals surface area contributed by atoms with Crippen LogP contribution in [0, 0.1) is 5.92 Å². The van der Waals surface area contributed by atoms with Gasteiger partial charge >= 0.3 is 6.03 Å². The number of carbonyl (C=O) groups is 3. The molecule has 0 bridgehead atoms. The number of amides is 4. The van der Waals surface area contributed by atoms with Crippen molar-refractivity contribution in [2.75, 3.05) is 5.32 Å². The molecule has 1 heterocycles. The zero-order valence-corrected chi connectivity index (χ0v) is 14.9. The Balaban J connectivity index is 1.78. The lowest BCUT2D eigenvalue weighted by molar-refractivity contribution is -0.142. The van der Waals surface area contributed by atoms with Crippen molar-refractivity contribution in [1.82, 2.24) is 10.2 Å². The fourth-order valence-corrected chi connectivity index (χ4v) is 3.87. The number of nitrogens with zero attached hydrogens (tertiary/aromatic N) is 1. The van der Waals surface area contributed by atoms with E-state index in [-0.39, 0.29) is 23.8 Å². The first kappa shape index (κ1) is 17.7. The molecule has 3 unspecified atom stereocenters. The van der Waals surface area contributed by atoms with Crippen LogP contribution in [0.25, 0.3) is 0 Å². The fourth-order valence-electron chi connectivity index (χ4n) is 3.68. The minimum atomic E-state index is -0.839. The normalized spacial score (nSPS) is 24.3. The molecule has 1 aliphatic heterocycles. The highest BCUT2D eigenvalue weighted by molar-refractivity contribution is 6.30. The molecule has 0 spiro atoms. The largest absolute Gasteiger partial charge is 0.334 e. The first-order valence-corrected chi connectivity index (χ1v) is 9.09. The first-order chi connectivity index (χ1) is 12.0. The van der Waals surface area contributed by atoms with Gasteiger partial charge in [0.15, 0.2) is 0 Å². The Bertz CT molecular complexity index is 694. The second-order valence-corrected chi connectivity index (χ2v) is 7.02. The summed E-state index contributed by atoms with van der Waals surface area (Å²) in [5.74, 6) is -0.844. The molecule has 0 aromatic heterocycles. The molecule has 3 rings (SSSR count). The standard InChI is InChI=1S/C18H22ClN3O3/c1-2-15(16(23)20-12-7-5-6-11(19)10-12)22-17(24)13-8-3-4-9-14(13)21-18(22)25/h5-7,10,13-15H,2-4,8-9H2,1H3,(H,20,23)(H,21,25). The summed E-state index contributed by atoms with van der Waals surface area (Å²) in [5, 5.41) is 6.16. The van der Waals surface area contributed by atoms with Crippen LogP contribution < -0.4 is 10.6 Å². The van der Waals surface area contributed by atoms with Gasteiger partial charge in [0.25, 0.3) is 0 Å².